The molecule has 0 radical (unpaired) electrons. The predicted octanol–water partition coefficient (Wildman–Crippen LogP) is 2.67. The lowest BCUT2D eigenvalue weighted by Gasteiger charge is -2.36. The third kappa shape index (κ3) is 5.34. The van der Waals surface area contributed by atoms with Crippen molar-refractivity contribution in [3.63, 3.8) is 0 Å². The third-order valence-electron chi connectivity index (χ3n) is 5.84. The summed E-state index contributed by atoms with van der Waals surface area (Å²) in [6.45, 7) is 3.07. The van der Waals surface area contributed by atoms with Crippen molar-refractivity contribution in [2.24, 2.45) is 0 Å². The van der Waals surface area contributed by atoms with Gasteiger partial charge in [-0.3, -0.25) is 9.59 Å². The molecule has 33 heavy (non-hydrogen) atoms. The molecule has 1 aliphatic heterocycles. The van der Waals surface area contributed by atoms with Gasteiger partial charge in [-0.25, -0.2) is 4.68 Å². The van der Waals surface area contributed by atoms with Gasteiger partial charge >= 0.3 is 0 Å². The molecule has 1 saturated heterocycles. The minimum atomic E-state index is -0.223. The van der Waals surface area contributed by atoms with E-state index < -0.39 is 0 Å². The Balaban J connectivity index is 1.34. The van der Waals surface area contributed by atoms with Crippen molar-refractivity contribution in [2.45, 2.75) is 13.0 Å². The second kappa shape index (κ2) is 10.2. The Labute approximate surface area is 193 Å². The van der Waals surface area contributed by atoms with Crippen LogP contribution < -0.4 is 19.9 Å². The van der Waals surface area contributed by atoms with Gasteiger partial charge in [-0.05, 0) is 42.5 Å². The van der Waals surface area contributed by atoms with Crippen molar-refractivity contribution in [2.75, 3.05) is 45.3 Å². The highest BCUT2D eigenvalue weighted by atomic mass is 16.5. The van der Waals surface area contributed by atoms with Crippen LogP contribution in [0.2, 0.25) is 0 Å². The van der Waals surface area contributed by atoms with Gasteiger partial charge < -0.3 is 19.3 Å². The van der Waals surface area contributed by atoms with Gasteiger partial charge in [-0.15, -0.1) is 0 Å². The summed E-state index contributed by atoms with van der Waals surface area (Å²) in [5, 5.41) is 4.46. The number of rotatable bonds is 7. The fraction of sp³-hybridized carbons (Fsp3) is 0.320. The highest BCUT2D eigenvalue weighted by Crippen LogP contribution is 2.22. The molecule has 0 atom stereocenters. The van der Waals surface area contributed by atoms with Crippen LogP contribution in [-0.4, -0.2) is 61.0 Å². The van der Waals surface area contributed by atoms with Gasteiger partial charge in [-0.1, -0.05) is 12.1 Å². The van der Waals surface area contributed by atoms with Crippen molar-refractivity contribution in [1.82, 2.24) is 14.7 Å². The van der Waals surface area contributed by atoms with Gasteiger partial charge in [0, 0.05) is 49.9 Å². The van der Waals surface area contributed by atoms with Crippen molar-refractivity contribution < 1.29 is 14.3 Å². The quantitative estimate of drug-likeness (QED) is 0.553. The average Bonchev–Trinajstić information content (AvgIpc) is 2.88. The monoisotopic (exact) mass is 448 g/mol. The smallest absolute Gasteiger partial charge is 0.266 e. The van der Waals surface area contributed by atoms with Gasteiger partial charge in [0.2, 0.25) is 5.91 Å². The number of hydrogen-bond acceptors (Lipinski definition) is 6. The van der Waals surface area contributed by atoms with Gasteiger partial charge in [0.05, 0.1) is 26.5 Å². The first-order valence-electron chi connectivity index (χ1n) is 11.0. The van der Waals surface area contributed by atoms with Crippen LogP contribution in [0.4, 0.5) is 5.69 Å². The third-order valence-corrected chi connectivity index (χ3v) is 5.84. The summed E-state index contributed by atoms with van der Waals surface area (Å²) in [6.07, 6.45) is 0.233. The molecular weight excluding hydrogens is 420 g/mol. The summed E-state index contributed by atoms with van der Waals surface area (Å²) < 4.78 is 11.8. The van der Waals surface area contributed by atoms with Crippen molar-refractivity contribution >= 4 is 11.6 Å². The van der Waals surface area contributed by atoms with E-state index in [4.69, 9.17) is 9.47 Å². The number of aromatic nitrogens is 2. The number of ether oxygens (including phenoxy) is 2. The summed E-state index contributed by atoms with van der Waals surface area (Å²) in [6, 6.07) is 18.6. The lowest BCUT2D eigenvalue weighted by atomic mass is 10.1. The van der Waals surface area contributed by atoms with Gasteiger partial charge in [0.25, 0.3) is 5.56 Å². The molecule has 1 aromatic heterocycles. The van der Waals surface area contributed by atoms with E-state index in [-0.39, 0.29) is 24.4 Å². The first kappa shape index (κ1) is 22.4. The second-order valence-electron chi connectivity index (χ2n) is 7.83. The molecule has 0 bridgehead atoms. The average molecular weight is 449 g/mol. The van der Waals surface area contributed by atoms with Crippen LogP contribution in [0, 0.1) is 0 Å². The molecule has 2 aromatic carbocycles. The molecule has 1 amide bonds. The van der Waals surface area contributed by atoms with E-state index in [1.807, 2.05) is 53.4 Å². The molecule has 0 N–H and O–H groups in total. The standard InChI is InChI=1S/C25H28N4O4/c1-32-21-8-6-20(7-9-21)27-14-16-28(17-15-27)24(30)12-13-29-25(31)11-10-23(26-29)19-4-3-5-22(18-19)33-2/h3-11,18H,12-17H2,1-2H3. The summed E-state index contributed by atoms with van der Waals surface area (Å²) in [4.78, 5) is 29.2. The fourth-order valence-electron chi connectivity index (χ4n) is 3.91. The van der Waals surface area contributed by atoms with Crippen LogP contribution in [0.1, 0.15) is 6.42 Å². The second-order valence-corrected chi connectivity index (χ2v) is 7.83. The Morgan fingerprint density at radius 1 is 0.909 bits per heavy atom. The fourth-order valence-corrected chi connectivity index (χ4v) is 3.91. The van der Waals surface area contributed by atoms with Crippen molar-refractivity contribution in [3.8, 4) is 22.8 Å². The minimum absolute atomic E-state index is 0.0323. The van der Waals surface area contributed by atoms with E-state index in [1.165, 1.54) is 10.7 Å². The van der Waals surface area contributed by atoms with E-state index in [9.17, 15) is 9.59 Å². The number of benzene rings is 2. The number of piperazine rings is 1. The lowest BCUT2D eigenvalue weighted by molar-refractivity contribution is -0.131. The summed E-state index contributed by atoms with van der Waals surface area (Å²) >= 11 is 0. The number of aryl methyl sites for hydroxylation is 1. The van der Waals surface area contributed by atoms with Crippen LogP contribution in [0.25, 0.3) is 11.3 Å². The maximum atomic E-state index is 12.8. The van der Waals surface area contributed by atoms with Gasteiger partial charge in [0.15, 0.2) is 0 Å². The first-order chi connectivity index (χ1) is 16.1. The topological polar surface area (TPSA) is 76.9 Å². The Kier molecular flexibility index (Phi) is 6.92. The van der Waals surface area contributed by atoms with Crippen LogP contribution >= 0.6 is 0 Å². The van der Waals surface area contributed by atoms with E-state index in [2.05, 4.69) is 10.00 Å². The Bertz CT molecular complexity index is 1150. The molecule has 0 aliphatic carbocycles. The molecule has 8 heteroatoms. The van der Waals surface area contributed by atoms with E-state index in [1.54, 1.807) is 20.3 Å². The Morgan fingerprint density at radius 2 is 1.64 bits per heavy atom. The molecule has 1 aliphatic rings. The number of anilines is 1. The maximum absolute atomic E-state index is 12.8. The lowest BCUT2D eigenvalue weighted by Crippen LogP contribution is -2.49. The number of hydrogen-bond donors (Lipinski definition) is 0. The maximum Gasteiger partial charge on any atom is 0.266 e. The normalized spacial score (nSPS) is 13.6. The molecule has 3 aromatic rings. The highest BCUT2D eigenvalue weighted by Gasteiger charge is 2.21. The molecular formula is C25H28N4O4. The van der Waals surface area contributed by atoms with Crippen molar-refractivity contribution in [3.05, 3.63) is 71.0 Å². The molecule has 0 spiro atoms. The summed E-state index contributed by atoms with van der Waals surface area (Å²) in [7, 11) is 3.26. The molecule has 4 rings (SSSR count). The molecule has 1 fully saturated rings. The zero-order chi connectivity index (χ0) is 23.2. The SMILES string of the molecule is COc1ccc(N2CCN(C(=O)CCn3nc(-c4cccc(OC)c4)ccc3=O)CC2)cc1. The predicted molar refractivity (Wildman–Crippen MR) is 127 cm³/mol. The van der Waals surface area contributed by atoms with E-state index in [0.29, 0.717) is 18.8 Å². The number of carbonyl (C=O) groups excluding carboxylic acids is 1. The summed E-state index contributed by atoms with van der Waals surface area (Å²) in [5.74, 6) is 1.58. The molecule has 172 valence electrons. The van der Waals surface area contributed by atoms with Crippen molar-refractivity contribution in [1.29, 1.82) is 0 Å². The summed E-state index contributed by atoms with van der Waals surface area (Å²) in [5.41, 5.74) is 2.41. The minimum Gasteiger partial charge on any atom is -0.497 e. The first-order valence-corrected chi connectivity index (χ1v) is 11.0. The molecule has 0 saturated carbocycles. The number of nitrogens with zero attached hydrogens (tertiary/aromatic N) is 4. The Morgan fingerprint density at radius 3 is 2.33 bits per heavy atom. The van der Waals surface area contributed by atoms with E-state index >= 15 is 0 Å². The van der Waals surface area contributed by atoms with Crippen LogP contribution in [0.15, 0.2) is 65.5 Å². The van der Waals surface area contributed by atoms with Crippen LogP contribution in [0.5, 0.6) is 11.5 Å². The molecule has 0 unspecified atom stereocenters. The van der Waals surface area contributed by atoms with Gasteiger partial charge in [0.1, 0.15) is 11.5 Å². The largest absolute Gasteiger partial charge is 0.497 e. The van der Waals surface area contributed by atoms with Gasteiger partial charge in [-0.2, -0.15) is 5.10 Å². The van der Waals surface area contributed by atoms with Crippen LogP contribution in [0.3, 0.4) is 0 Å². The zero-order valence-electron chi connectivity index (χ0n) is 18.9. The van der Waals surface area contributed by atoms with Crippen LogP contribution in [-0.2, 0) is 11.3 Å². The number of methoxy groups -OCH3 is 2. The number of carbonyl (C=O) groups is 1. The zero-order valence-corrected chi connectivity index (χ0v) is 18.9. The highest BCUT2D eigenvalue weighted by molar-refractivity contribution is 5.76. The van der Waals surface area contributed by atoms with E-state index in [0.717, 1.165) is 35.8 Å². The number of amides is 1. The Hall–Kier alpha value is -3.81. The molecule has 8 nitrogen and oxygen atoms in total. The molecule has 2 heterocycles.